The van der Waals surface area contributed by atoms with Crippen molar-refractivity contribution in [3.05, 3.63) is 63.6 Å². The molecule has 31 heavy (non-hydrogen) atoms. The molecule has 3 rings (SSSR count). The van der Waals surface area contributed by atoms with Crippen LogP contribution in [0, 0.1) is 12.8 Å². The lowest BCUT2D eigenvalue weighted by Crippen LogP contribution is -2.44. The number of piperidine rings is 1. The third kappa shape index (κ3) is 6.84. The fourth-order valence-corrected chi connectivity index (χ4v) is 5.59. The number of carbonyl (C=O) groups is 1. The van der Waals surface area contributed by atoms with Crippen LogP contribution in [0.1, 0.15) is 24.0 Å². The Morgan fingerprint density at radius 2 is 1.81 bits per heavy atom. The summed E-state index contributed by atoms with van der Waals surface area (Å²) in [5.41, 5.74) is 1.67. The number of halogens is 2. The first kappa shape index (κ1) is 23.9. The molecule has 1 amide bonds. The minimum Gasteiger partial charge on any atom is -0.492 e. The molecular weight excluding hydrogens is 459 g/mol. The Morgan fingerprint density at radius 1 is 1.13 bits per heavy atom. The zero-order chi connectivity index (χ0) is 22.4. The van der Waals surface area contributed by atoms with Crippen LogP contribution in [-0.2, 0) is 20.6 Å². The molecule has 0 radical (unpaired) electrons. The van der Waals surface area contributed by atoms with Crippen molar-refractivity contribution < 1.29 is 17.9 Å². The second-order valence-electron chi connectivity index (χ2n) is 7.62. The Hall–Kier alpha value is -1.80. The summed E-state index contributed by atoms with van der Waals surface area (Å²) < 4.78 is 32.6. The van der Waals surface area contributed by atoms with Crippen molar-refractivity contribution in [3.8, 4) is 5.75 Å². The largest absolute Gasteiger partial charge is 0.492 e. The summed E-state index contributed by atoms with van der Waals surface area (Å²) in [6.07, 6.45) is 0.969. The Labute approximate surface area is 193 Å². The number of hydrogen-bond donors (Lipinski definition) is 1. The monoisotopic (exact) mass is 484 g/mol. The van der Waals surface area contributed by atoms with Crippen LogP contribution in [0.15, 0.2) is 42.5 Å². The van der Waals surface area contributed by atoms with Crippen LogP contribution >= 0.6 is 23.2 Å². The molecule has 0 aliphatic carbocycles. The molecule has 0 bridgehead atoms. The van der Waals surface area contributed by atoms with Crippen LogP contribution < -0.4 is 10.1 Å². The van der Waals surface area contributed by atoms with Gasteiger partial charge in [-0.05, 0) is 49.6 Å². The summed E-state index contributed by atoms with van der Waals surface area (Å²) in [4.78, 5) is 12.4. The van der Waals surface area contributed by atoms with E-state index in [1.807, 2.05) is 31.2 Å². The number of hydrogen-bond acceptors (Lipinski definition) is 4. The van der Waals surface area contributed by atoms with Gasteiger partial charge < -0.3 is 10.1 Å². The minimum atomic E-state index is -3.52. The van der Waals surface area contributed by atoms with Crippen LogP contribution in [0.4, 0.5) is 0 Å². The number of sulfonamides is 1. The fourth-order valence-electron chi connectivity index (χ4n) is 3.44. The maximum atomic E-state index is 12.8. The number of benzene rings is 2. The molecule has 0 saturated carbocycles. The van der Waals surface area contributed by atoms with Crippen LogP contribution in [0.25, 0.3) is 0 Å². The Bertz CT molecular complexity index is 1000. The van der Waals surface area contributed by atoms with Gasteiger partial charge >= 0.3 is 0 Å². The van der Waals surface area contributed by atoms with Gasteiger partial charge in [-0.25, -0.2) is 12.7 Å². The van der Waals surface area contributed by atoms with Crippen molar-refractivity contribution in [2.75, 3.05) is 26.2 Å². The molecule has 2 aromatic carbocycles. The Kier molecular flexibility index (Phi) is 8.22. The third-order valence-corrected chi connectivity index (χ3v) is 7.68. The van der Waals surface area contributed by atoms with E-state index >= 15 is 0 Å². The van der Waals surface area contributed by atoms with E-state index in [4.69, 9.17) is 27.9 Å². The summed E-state index contributed by atoms with van der Waals surface area (Å²) in [5.74, 6) is 0.311. The van der Waals surface area contributed by atoms with E-state index in [0.29, 0.717) is 54.7 Å². The number of aryl methyl sites for hydroxylation is 1. The number of carbonyl (C=O) groups excluding carboxylic acids is 1. The lowest BCUT2D eigenvalue weighted by atomic mass is 9.97. The highest BCUT2D eigenvalue weighted by Crippen LogP contribution is 2.26. The molecule has 9 heteroatoms. The quantitative estimate of drug-likeness (QED) is 0.573. The summed E-state index contributed by atoms with van der Waals surface area (Å²) in [6, 6.07) is 12.5. The SMILES string of the molecule is Cc1ccc(OCCNC(=O)C2CCN(S(=O)(=O)Cc3ccc(Cl)cc3Cl)CC2)cc1. The lowest BCUT2D eigenvalue weighted by molar-refractivity contribution is -0.126. The van der Waals surface area contributed by atoms with Crippen LogP contribution in [-0.4, -0.2) is 44.9 Å². The molecular formula is C22H26Cl2N2O4S. The maximum Gasteiger partial charge on any atom is 0.223 e. The topological polar surface area (TPSA) is 75.7 Å². The van der Waals surface area contributed by atoms with Gasteiger partial charge in [0, 0.05) is 29.1 Å². The number of amides is 1. The predicted octanol–water partition coefficient (Wildman–Crippen LogP) is 4.04. The van der Waals surface area contributed by atoms with Gasteiger partial charge in [-0.15, -0.1) is 0 Å². The van der Waals surface area contributed by atoms with E-state index in [-0.39, 0.29) is 17.6 Å². The highest BCUT2D eigenvalue weighted by atomic mass is 35.5. The van der Waals surface area contributed by atoms with E-state index in [2.05, 4.69) is 5.32 Å². The highest BCUT2D eigenvalue weighted by molar-refractivity contribution is 7.88. The molecule has 2 aromatic rings. The van der Waals surface area contributed by atoms with Crippen molar-refractivity contribution in [1.82, 2.24) is 9.62 Å². The first-order chi connectivity index (χ1) is 14.7. The molecule has 0 spiro atoms. The van der Waals surface area contributed by atoms with E-state index in [1.54, 1.807) is 12.1 Å². The molecule has 1 fully saturated rings. The summed E-state index contributed by atoms with van der Waals surface area (Å²) in [5, 5.41) is 3.67. The van der Waals surface area contributed by atoms with Gasteiger partial charge in [0.1, 0.15) is 12.4 Å². The normalized spacial score (nSPS) is 15.6. The first-order valence-corrected chi connectivity index (χ1v) is 12.5. The van der Waals surface area contributed by atoms with Gasteiger partial charge in [-0.2, -0.15) is 0 Å². The van der Waals surface area contributed by atoms with Crippen molar-refractivity contribution in [2.45, 2.75) is 25.5 Å². The van der Waals surface area contributed by atoms with E-state index in [1.165, 1.54) is 10.4 Å². The van der Waals surface area contributed by atoms with E-state index in [0.717, 1.165) is 11.3 Å². The molecule has 168 valence electrons. The fraction of sp³-hybridized carbons (Fsp3) is 0.409. The first-order valence-electron chi connectivity index (χ1n) is 10.1. The number of nitrogens with one attached hydrogen (secondary N) is 1. The Balaban J connectivity index is 1.42. The average molecular weight is 485 g/mol. The summed E-state index contributed by atoms with van der Waals surface area (Å²) >= 11 is 12.0. The van der Waals surface area contributed by atoms with E-state index < -0.39 is 10.0 Å². The zero-order valence-electron chi connectivity index (χ0n) is 17.3. The maximum absolute atomic E-state index is 12.8. The molecule has 1 N–H and O–H groups in total. The second-order valence-corrected chi connectivity index (χ2v) is 10.4. The average Bonchev–Trinajstić information content (AvgIpc) is 2.74. The molecule has 1 saturated heterocycles. The predicted molar refractivity (Wildman–Crippen MR) is 123 cm³/mol. The van der Waals surface area contributed by atoms with Crippen molar-refractivity contribution in [2.24, 2.45) is 5.92 Å². The van der Waals surface area contributed by atoms with Gasteiger partial charge in [0.15, 0.2) is 0 Å². The summed E-state index contributed by atoms with van der Waals surface area (Å²) in [7, 11) is -3.52. The van der Waals surface area contributed by atoms with Gasteiger partial charge in [0.2, 0.25) is 15.9 Å². The van der Waals surface area contributed by atoms with Gasteiger partial charge in [-0.1, -0.05) is 47.0 Å². The molecule has 0 atom stereocenters. The molecule has 0 unspecified atom stereocenters. The van der Waals surface area contributed by atoms with Crippen molar-refractivity contribution in [1.29, 1.82) is 0 Å². The van der Waals surface area contributed by atoms with Crippen molar-refractivity contribution >= 4 is 39.1 Å². The van der Waals surface area contributed by atoms with Gasteiger partial charge in [-0.3, -0.25) is 4.79 Å². The molecule has 1 aliphatic heterocycles. The zero-order valence-corrected chi connectivity index (χ0v) is 19.6. The lowest BCUT2D eigenvalue weighted by Gasteiger charge is -2.30. The van der Waals surface area contributed by atoms with Crippen molar-refractivity contribution in [3.63, 3.8) is 0 Å². The highest BCUT2D eigenvalue weighted by Gasteiger charge is 2.31. The van der Waals surface area contributed by atoms with E-state index in [9.17, 15) is 13.2 Å². The minimum absolute atomic E-state index is 0.0645. The molecule has 0 aromatic heterocycles. The van der Waals surface area contributed by atoms with Gasteiger partial charge in [0.25, 0.3) is 0 Å². The van der Waals surface area contributed by atoms with Crippen LogP contribution in [0.3, 0.4) is 0 Å². The number of nitrogens with zero attached hydrogens (tertiary/aromatic N) is 1. The molecule has 6 nitrogen and oxygen atoms in total. The molecule has 1 heterocycles. The summed E-state index contributed by atoms with van der Waals surface area (Å²) in [6.45, 7) is 3.41. The standard InChI is InChI=1S/C22H26Cl2N2O4S/c1-16-2-6-20(7-3-16)30-13-10-25-22(27)17-8-11-26(12-9-17)31(28,29)15-18-4-5-19(23)14-21(18)24/h2-7,14,17H,8-13,15H2,1H3,(H,25,27). The third-order valence-electron chi connectivity index (χ3n) is 5.26. The van der Waals surface area contributed by atoms with Crippen LogP contribution in [0.5, 0.6) is 5.75 Å². The number of rotatable bonds is 8. The molecule has 1 aliphatic rings. The second kappa shape index (κ2) is 10.7. The number of ether oxygens (including phenoxy) is 1. The smallest absolute Gasteiger partial charge is 0.223 e. The Morgan fingerprint density at radius 3 is 2.45 bits per heavy atom. The van der Waals surface area contributed by atoms with Gasteiger partial charge in [0.05, 0.1) is 12.3 Å². The van der Waals surface area contributed by atoms with Crippen LogP contribution in [0.2, 0.25) is 10.0 Å².